The molecule has 2 aromatic rings. The van der Waals surface area contributed by atoms with E-state index in [1.807, 2.05) is 6.92 Å². The van der Waals surface area contributed by atoms with Gasteiger partial charge in [-0.15, -0.1) is 24.0 Å². The van der Waals surface area contributed by atoms with Crippen LogP contribution in [0, 0.1) is 12.7 Å². The fourth-order valence-corrected chi connectivity index (χ4v) is 3.69. The van der Waals surface area contributed by atoms with Crippen molar-refractivity contribution in [1.29, 1.82) is 0 Å². The predicted molar refractivity (Wildman–Crippen MR) is 130 cm³/mol. The number of aryl methyl sites for hydroxylation is 1. The first kappa shape index (κ1) is 27.1. The first-order valence-corrected chi connectivity index (χ1v) is 11.5. The molecule has 0 saturated carbocycles. The standard InChI is InChI=1S/C21H28FN3O4S.HI/c1-4-23-21(24-12-16-5-10-20(15(2)11-16)30(3,27)28)25-13-18(26)14-29-19-8-6-17(22)7-9-19;/h5-11,18,26H,4,12-14H2,1-3H3,(H2,23,24,25);1H. The van der Waals surface area contributed by atoms with Crippen LogP contribution in [0.5, 0.6) is 5.75 Å². The molecule has 0 spiro atoms. The number of nitrogens with one attached hydrogen (secondary N) is 2. The fraction of sp³-hybridized carbons (Fsp3) is 0.381. The number of guanidine groups is 1. The van der Waals surface area contributed by atoms with E-state index in [4.69, 9.17) is 4.74 Å². The van der Waals surface area contributed by atoms with Gasteiger partial charge in [-0.3, -0.25) is 0 Å². The molecule has 1 unspecified atom stereocenters. The van der Waals surface area contributed by atoms with E-state index in [0.29, 0.717) is 35.3 Å². The Morgan fingerprint density at radius 1 is 1.19 bits per heavy atom. The molecule has 2 aromatic carbocycles. The summed E-state index contributed by atoms with van der Waals surface area (Å²) in [5, 5.41) is 16.2. The highest BCUT2D eigenvalue weighted by molar-refractivity contribution is 14.0. The van der Waals surface area contributed by atoms with Gasteiger partial charge >= 0.3 is 0 Å². The number of hydrogen-bond donors (Lipinski definition) is 3. The average Bonchev–Trinajstić information content (AvgIpc) is 2.68. The van der Waals surface area contributed by atoms with E-state index >= 15 is 0 Å². The predicted octanol–water partition coefficient (Wildman–Crippen LogP) is 2.65. The van der Waals surface area contributed by atoms with Gasteiger partial charge in [0.1, 0.15) is 24.3 Å². The summed E-state index contributed by atoms with van der Waals surface area (Å²) in [7, 11) is -3.25. The van der Waals surface area contributed by atoms with Crippen LogP contribution in [0.25, 0.3) is 0 Å². The van der Waals surface area contributed by atoms with Crippen LogP contribution in [-0.4, -0.2) is 51.5 Å². The first-order valence-electron chi connectivity index (χ1n) is 9.57. The van der Waals surface area contributed by atoms with Gasteiger partial charge in [0.25, 0.3) is 0 Å². The van der Waals surface area contributed by atoms with Crippen LogP contribution < -0.4 is 15.4 Å². The molecule has 0 aliphatic heterocycles. The van der Waals surface area contributed by atoms with E-state index in [-0.39, 0.29) is 42.9 Å². The Morgan fingerprint density at radius 2 is 1.87 bits per heavy atom. The Kier molecular flexibility index (Phi) is 11.2. The van der Waals surface area contributed by atoms with E-state index in [1.165, 1.54) is 30.5 Å². The highest BCUT2D eigenvalue weighted by Crippen LogP contribution is 2.17. The molecule has 10 heteroatoms. The molecular weight excluding hydrogens is 536 g/mol. The molecule has 0 aromatic heterocycles. The molecule has 3 N–H and O–H groups in total. The molecule has 0 bridgehead atoms. The van der Waals surface area contributed by atoms with Gasteiger partial charge in [0.2, 0.25) is 0 Å². The number of aliphatic hydroxyl groups excluding tert-OH is 1. The van der Waals surface area contributed by atoms with E-state index in [9.17, 15) is 17.9 Å². The molecule has 0 aliphatic carbocycles. The van der Waals surface area contributed by atoms with Crippen molar-refractivity contribution < 1.29 is 22.7 Å². The number of hydrogen-bond acceptors (Lipinski definition) is 5. The van der Waals surface area contributed by atoms with Crippen molar-refractivity contribution in [1.82, 2.24) is 10.6 Å². The minimum absolute atomic E-state index is 0. The number of rotatable bonds is 9. The molecule has 0 radical (unpaired) electrons. The quantitative estimate of drug-likeness (QED) is 0.246. The minimum Gasteiger partial charge on any atom is -0.491 e. The van der Waals surface area contributed by atoms with Crippen LogP contribution >= 0.6 is 24.0 Å². The van der Waals surface area contributed by atoms with Crippen molar-refractivity contribution in [3.63, 3.8) is 0 Å². The molecular formula is C21H29FIN3O4S. The lowest BCUT2D eigenvalue weighted by molar-refractivity contribution is 0.110. The first-order chi connectivity index (χ1) is 14.2. The van der Waals surface area contributed by atoms with Gasteiger partial charge < -0.3 is 20.5 Å². The van der Waals surface area contributed by atoms with Crippen molar-refractivity contribution in [2.45, 2.75) is 31.4 Å². The zero-order valence-electron chi connectivity index (χ0n) is 17.8. The molecule has 0 fully saturated rings. The van der Waals surface area contributed by atoms with Crippen LogP contribution in [-0.2, 0) is 16.4 Å². The topological polar surface area (TPSA) is 100 Å². The third-order valence-electron chi connectivity index (χ3n) is 4.16. The second-order valence-electron chi connectivity index (χ2n) is 6.87. The van der Waals surface area contributed by atoms with Crippen LogP contribution in [0.3, 0.4) is 0 Å². The second-order valence-corrected chi connectivity index (χ2v) is 8.85. The normalized spacial score (nSPS) is 12.6. The Morgan fingerprint density at radius 3 is 2.45 bits per heavy atom. The number of aliphatic hydroxyl groups is 1. The molecule has 172 valence electrons. The third-order valence-corrected chi connectivity index (χ3v) is 5.42. The second kappa shape index (κ2) is 12.8. The summed E-state index contributed by atoms with van der Waals surface area (Å²) in [5.41, 5.74) is 1.55. The molecule has 2 rings (SSSR count). The van der Waals surface area contributed by atoms with E-state index in [1.54, 1.807) is 25.1 Å². The van der Waals surface area contributed by atoms with Gasteiger partial charge in [0.05, 0.1) is 11.4 Å². The zero-order valence-corrected chi connectivity index (χ0v) is 20.9. The number of sulfone groups is 1. The monoisotopic (exact) mass is 565 g/mol. The molecule has 0 amide bonds. The minimum atomic E-state index is -3.25. The average molecular weight is 565 g/mol. The maximum atomic E-state index is 12.9. The van der Waals surface area contributed by atoms with Crippen LogP contribution in [0.1, 0.15) is 18.1 Å². The lowest BCUT2D eigenvalue weighted by Crippen LogP contribution is -2.42. The van der Waals surface area contributed by atoms with Gasteiger partial charge in [0.15, 0.2) is 15.8 Å². The molecule has 0 saturated heterocycles. The van der Waals surface area contributed by atoms with E-state index in [2.05, 4.69) is 15.6 Å². The molecule has 7 nitrogen and oxygen atoms in total. The van der Waals surface area contributed by atoms with Gasteiger partial charge in [0, 0.05) is 19.3 Å². The summed E-state index contributed by atoms with van der Waals surface area (Å²) in [6, 6.07) is 10.7. The third kappa shape index (κ3) is 9.40. The highest BCUT2D eigenvalue weighted by Gasteiger charge is 2.11. The summed E-state index contributed by atoms with van der Waals surface area (Å²) in [5.74, 6) is 0.643. The Hall–Kier alpha value is -1.92. The Balaban J connectivity index is 0.00000480. The Bertz CT molecular complexity index is 969. The van der Waals surface area contributed by atoms with Gasteiger partial charge in [-0.25, -0.2) is 17.8 Å². The fourth-order valence-electron chi connectivity index (χ4n) is 2.73. The SMILES string of the molecule is CCNC(=NCc1ccc(S(C)(=O)=O)c(C)c1)NCC(O)COc1ccc(F)cc1.I. The van der Waals surface area contributed by atoms with Crippen molar-refractivity contribution in [3.05, 3.63) is 59.4 Å². The maximum Gasteiger partial charge on any atom is 0.191 e. The summed E-state index contributed by atoms with van der Waals surface area (Å²) in [6.45, 7) is 4.92. The van der Waals surface area contributed by atoms with Crippen molar-refractivity contribution >= 4 is 39.8 Å². The van der Waals surface area contributed by atoms with E-state index < -0.39 is 15.9 Å². The van der Waals surface area contributed by atoms with Crippen LogP contribution in [0.4, 0.5) is 4.39 Å². The summed E-state index contributed by atoms with van der Waals surface area (Å²) in [4.78, 5) is 4.78. The zero-order chi connectivity index (χ0) is 22.1. The molecule has 31 heavy (non-hydrogen) atoms. The number of aliphatic imine (C=N–C) groups is 1. The molecule has 0 aliphatic rings. The number of benzene rings is 2. The lowest BCUT2D eigenvalue weighted by atomic mass is 10.1. The molecule has 1 atom stereocenters. The largest absolute Gasteiger partial charge is 0.491 e. The van der Waals surface area contributed by atoms with E-state index in [0.717, 1.165) is 5.56 Å². The number of nitrogens with zero attached hydrogens (tertiary/aromatic N) is 1. The summed E-state index contributed by atoms with van der Waals surface area (Å²) >= 11 is 0. The highest BCUT2D eigenvalue weighted by atomic mass is 127. The van der Waals surface area contributed by atoms with Gasteiger partial charge in [-0.05, 0) is 55.3 Å². The van der Waals surface area contributed by atoms with Crippen molar-refractivity contribution in [2.75, 3.05) is 26.0 Å². The smallest absolute Gasteiger partial charge is 0.191 e. The molecule has 0 heterocycles. The van der Waals surface area contributed by atoms with Gasteiger partial charge in [-0.1, -0.05) is 12.1 Å². The van der Waals surface area contributed by atoms with Crippen molar-refractivity contribution in [2.24, 2.45) is 4.99 Å². The van der Waals surface area contributed by atoms with Crippen molar-refractivity contribution in [3.8, 4) is 5.75 Å². The number of halogens is 2. The maximum absolute atomic E-state index is 12.9. The Labute approximate surface area is 200 Å². The number of ether oxygens (including phenoxy) is 1. The summed E-state index contributed by atoms with van der Waals surface area (Å²) < 4.78 is 41.8. The lowest BCUT2D eigenvalue weighted by Gasteiger charge is -2.16. The van der Waals surface area contributed by atoms with Gasteiger partial charge in [-0.2, -0.15) is 0 Å². The van der Waals surface area contributed by atoms with Crippen LogP contribution in [0.15, 0.2) is 52.4 Å². The summed E-state index contributed by atoms with van der Waals surface area (Å²) in [6.07, 6.45) is 0.390. The van der Waals surface area contributed by atoms with Crippen LogP contribution in [0.2, 0.25) is 0 Å².